The Morgan fingerprint density at radius 3 is 2.56 bits per heavy atom. The first-order chi connectivity index (χ1) is 4.43. The van der Waals surface area contributed by atoms with E-state index >= 15 is 0 Å². The summed E-state index contributed by atoms with van der Waals surface area (Å²) in [5.74, 6) is 3.51. The maximum atomic E-state index is 2.32. The maximum absolute atomic E-state index is 2.32. The molecule has 0 saturated carbocycles. The zero-order chi connectivity index (χ0) is 6.53. The van der Waals surface area contributed by atoms with E-state index < -0.39 is 0 Å². The van der Waals surface area contributed by atoms with Crippen LogP contribution < -0.4 is 0 Å². The topological polar surface area (TPSA) is 0 Å². The second-order valence-electron chi connectivity index (χ2n) is 2.15. The zero-order valence-corrected chi connectivity index (χ0v) is 7.30. The number of hydrogen-bond donors (Lipinski definition) is 0. The lowest BCUT2D eigenvalue weighted by Gasteiger charge is -2.16. The maximum Gasteiger partial charge on any atom is 0.0392 e. The molecule has 0 amide bonds. The number of hydrogen-bond acceptors (Lipinski definition) is 2. The highest BCUT2D eigenvalue weighted by atomic mass is 32.2. The Hall–Kier alpha value is 0.440. The fourth-order valence-corrected chi connectivity index (χ4v) is 3.34. The van der Waals surface area contributed by atoms with Crippen molar-refractivity contribution in [2.24, 2.45) is 5.92 Å². The molecular weight excluding hydrogens is 148 g/mol. The van der Waals surface area contributed by atoms with Crippen LogP contribution in [-0.4, -0.2) is 16.6 Å². The normalized spacial score (nSPS) is 23.2. The third-order valence-corrected chi connectivity index (χ3v) is 3.96. The van der Waals surface area contributed by atoms with Crippen LogP contribution in [-0.2, 0) is 0 Å². The van der Waals surface area contributed by atoms with Gasteiger partial charge in [0.25, 0.3) is 0 Å². The Balaban J connectivity index is 2.23. The van der Waals surface area contributed by atoms with Gasteiger partial charge in [-0.1, -0.05) is 12.2 Å². The van der Waals surface area contributed by atoms with E-state index in [4.69, 9.17) is 0 Å². The lowest BCUT2D eigenvalue weighted by molar-refractivity contribution is 0.857. The lowest BCUT2D eigenvalue weighted by Crippen LogP contribution is -2.08. The molecule has 1 rings (SSSR count). The molecule has 1 aliphatic heterocycles. The lowest BCUT2D eigenvalue weighted by atomic mass is 10.2. The van der Waals surface area contributed by atoms with Gasteiger partial charge in [-0.3, -0.25) is 0 Å². The Bertz CT molecular complexity index is 93.1. The van der Waals surface area contributed by atoms with Gasteiger partial charge in [-0.25, -0.2) is 0 Å². The van der Waals surface area contributed by atoms with Crippen LogP contribution >= 0.6 is 23.5 Å². The van der Waals surface area contributed by atoms with Gasteiger partial charge in [0.05, 0.1) is 0 Å². The molecule has 0 aromatic carbocycles. The summed E-state index contributed by atoms with van der Waals surface area (Å²) in [6.45, 7) is 2.10. The average molecular weight is 160 g/mol. The summed E-state index contributed by atoms with van der Waals surface area (Å²) in [5, 5.41) is 1.30. The van der Waals surface area contributed by atoms with Crippen LogP contribution in [0.25, 0.3) is 0 Å². The van der Waals surface area contributed by atoms with Gasteiger partial charge in [0.15, 0.2) is 0 Å². The third-order valence-electron chi connectivity index (χ3n) is 1.30. The minimum absolute atomic E-state index is 0.846. The van der Waals surface area contributed by atoms with Gasteiger partial charge in [0.1, 0.15) is 0 Å². The molecule has 0 unspecified atom stereocenters. The zero-order valence-electron chi connectivity index (χ0n) is 5.67. The van der Waals surface area contributed by atoms with Gasteiger partial charge in [-0.15, -0.1) is 0 Å². The van der Waals surface area contributed by atoms with Crippen molar-refractivity contribution in [3.05, 3.63) is 12.2 Å². The first kappa shape index (κ1) is 7.55. The molecule has 1 fully saturated rings. The molecule has 0 aromatic rings. The van der Waals surface area contributed by atoms with Crippen LogP contribution in [0.15, 0.2) is 12.2 Å². The largest absolute Gasteiger partial charge is 0.150 e. The minimum Gasteiger partial charge on any atom is -0.150 e. The first-order valence-corrected chi connectivity index (χ1v) is 5.52. The predicted octanol–water partition coefficient (Wildman–Crippen LogP) is 2.62. The van der Waals surface area contributed by atoms with Gasteiger partial charge in [0.2, 0.25) is 0 Å². The number of allylic oxidation sites excluding steroid dienone is 2. The molecule has 0 spiro atoms. The van der Waals surface area contributed by atoms with Crippen LogP contribution in [0, 0.1) is 5.92 Å². The van der Waals surface area contributed by atoms with Gasteiger partial charge in [-0.05, 0) is 12.8 Å². The SMILES string of the molecule is CC=CC1CSCSC1. The number of rotatable bonds is 1. The molecule has 0 bridgehead atoms. The van der Waals surface area contributed by atoms with Crippen molar-refractivity contribution < 1.29 is 0 Å². The molecule has 0 aliphatic carbocycles. The highest BCUT2D eigenvalue weighted by molar-refractivity contribution is 8.16. The molecule has 1 heterocycles. The van der Waals surface area contributed by atoms with E-state index in [1.165, 1.54) is 16.6 Å². The van der Waals surface area contributed by atoms with E-state index in [1.54, 1.807) is 0 Å². The Labute approximate surface area is 65.5 Å². The summed E-state index contributed by atoms with van der Waals surface area (Å²) >= 11 is 4.11. The summed E-state index contributed by atoms with van der Waals surface area (Å²) in [6, 6.07) is 0. The highest BCUT2D eigenvalue weighted by Gasteiger charge is 2.09. The van der Waals surface area contributed by atoms with E-state index in [0.29, 0.717) is 0 Å². The molecule has 0 aromatic heterocycles. The van der Waals surface area contributed by atoms with Crippen molar-refractivity contribution in [3.8, 4) is 0 Å². The molecule has 0 atom stereocenters. The summed E-state index contributed by atoms with van der Waals surface area (Å²) in [4.78, 5) is 0. The van der Waals surface area contributed by atoms with Crippen LogP contribution in [0.4, 0.5) is 0 Å². The Morgan fingerprint density at radius 2 is 2.00 bits per heavy atom. The number of thioether (sulfide) groups is 2. The van der Waals surface area contributed by atoms with Crippen molar-refractivity contribution in [3.63, 3.8) is 0 Å². The molecule has 0 nitrogen and oxygen atoms in total. The van der Waals surface area contributed by atoms with Crippen LogP contribution in [0.1, 0.15) is 6.92 Å². The van der Waals surface area contributed by atoms with Crippen LogP contribution in [0.5, 0.6) is 0 Å². The molecule has 2 heteroatoms. The molecule has 52 valence electrons. The van der Waals surface area contributed by atoms with Crippen molar-refractivity contribution in [1.82, 2.24) is 0 Å². The van der Waals surface area contributed by atoms with Crippen LogP contribution in [0.3, 0.4) is 0 Å². The van der Waals surface area contributed by atoms with Gasteiger partial charge in [-0.2, -0.15) is 23.5 Å². The summed E-state index contributed by atoms with van der Waals surface area (Å²) in [7, 11) is 0. The molecule has 1 aliphatic rings. The molecule has 1 saturated heterocycles. The summed E-state index contributed by atoms with van der Waals surface area (Å²) in [6.07, 6.45) is 4.48. The van der Waals surface area contributed by atoms with Crippen molar-refractivity contribution in [2.45, 2.75) is 6.92 Å². The third kappa shape index (κ3) is 2.67. The van der Waals surface area contributed by atoms with Crippen molar-refractivity contribution >= 4 is 23.5 Å². The van der Waals surface area contributed by atoms with E-state index in [1.807, 2.05) is 0 Å². The Morgan fingerprint density at radius 1 is 1.33 bits per heavy atom. The summed E-state index contributed by atoms with van der Waals surface area (Å²) < 4.78 is 0. The second kappa shape index (κ2) is 4.29. The summed E-state index contributed by atoms with van der Waals surface area (Å²) in [5.41, 5.74) is 0. The quantitative estimate of drug-likeness (QED) is 0.541. The van der Waals surface area contributed by atoms with E-state index in [0.717, 1.165) is 5.92 Å². The fraction of sp³-hybridized carbons (Fsp3) is 0.714. The minimum atomic E-state index is 0.846. The van der Waals surface area contributed by atoms with Crippen molar-refractivity contribution in [1.29, 1.82) is 0 Å². The monoisotopic (exact) mass is 160 g/mol. The predicted molar refractivity (Wildman–Crippen MR) is 48.1 cm³/mol. The molecular formula is C7H12S2. The van der Waals surface area contributed by atoms with E-state index in [-0.39, 0.29) is 0 Å². The van der Waals surface area contributed by atoms with E-state index in [2.05, 4.69) is 42.6 Å². The fourth-order valence-electron chi connectivity index (χ4n) is 0.889. The smallest absolute Gasteiger partial charge is 0.0392 e. The van der Waals surface area contributed by atoms with Gasteiger partial charge >= 0.3 is 0 Å². The molecule has 0 N–H and O–H groups in total. The van der Waals surface area contributed by atoms with E-state index in [9.17, 15) is 0 Å². The highest BCUT2D eigenvalue weighted by Crippen LogP contribution is 2.25. The second-order valence-corrected chi connectivity index (χ2v) is 4.57. The average Bonchev–Trinajstić information content (AvgIpc) is 1.91. The van der Waals surface area contributed by atoms with Gasteiger partial charge < -0.3 is 0 Å². The van der Waals surface area contributed by atoms with Crippen molar-refractivity contribution in [2.75, 3.05) is 16.6 Å². The van der Waals surface area contributed by atoms with Crippen LogP contribution in [0.2, 0.25) is 0 Å². The van der Waals surface area contributed by atoms with Gasteiger partial charge in [0, 0.05) is 16.6 Å². The standard InChI is InChI=1S/C7H12S2/c1-2-3-7-4-8-6-9-5-7/h2-3,7H,4-6H2,1H3. The molecule has 0 radical (unpaired) electrons. The molecule has 9 heavy (non-hydrogen) atoms. The first-order valence-electron chi connectivity index (χ1n) is 3.22. The Kier molecular flexibility index (Phi) is 3.59.